The van der Waals surface area contributed by atoms with E-state index in [2.05, 4.69) is 55.9 Å². The third kappa shape index (κ3) is 6.66. The van der Waals surface area contributed by atoms with Gasteiger partial charge >= 0.3 is 0 Å². The number of unbranched alkanes of at least 4 members (excludes halogenated alkanes) is 1. The molecule has 45 heavy (non-hydrogen) atoms. The fraction of sp³-hybridized carbons (Fsp3) is 0.200. The number of aromatic nitrogens is 4. The zero-order valence-electron chi connectivity index (χ0n) is 25.1. The third-order valence-electron chi connectivity index (χ3n) is 7.91. The first-order valence-corrected chi connectivity index (χ1v) is 15.8. The molecule has 0 spiro atoms. The second-order valence-electron chi connectivity index (χ2n) is 11.0. The molecule has 0 saturated carbocycles. The number of H-pyrrole nitrogens is 1. The first kappa shape index (κ1) is 29.8. The minimum Gasteiger partial charge on any atom is -0.507 e. The van der Waals surface area contributed by atoms with Gasteiger partial charge in [0.15, 0.2) is 0 Å². The maximum absolute atomic E-state index is 13.0. The van der Waals surface area contributed by atoms with Gasteiger partial charge in [-0.3, -0.25) is 14.6 Å². The maximum atomic E-state index is 13.0. The topological polar surface area (TPSA) is 125 Å². The lowest BCUT2D eigenvalue weighted by Crippen LogP contribution is -2.29. The lowest BCUT2D eigenvalue weighted by Gasteiger charge is -2.17. The molecule has 2 amide bonds. The first-order chi connectivity index (χ1) is 21.9. The fourth-order valence-corrected chi connectivity index (χ4v) is 6.07. The first-order valence-electron chi connectivity index (χ1n) is 14.9. The number of carbonyl (C=O) groups excluding carboxylic acids is 2. The summed E-state index contributed by atoms with van der Waals surface area (Å²) in [4.78, 5) is 38.6. The highest BCUT2D eigenvalue weighted by Crippen LogP contribution is 2.27. The molecule has 4 N–H and O–H groups in total. The number of imidazole rings is 1. The molecule has 0 unspecified atom stereocenters. The number of hydrogen-bond acceptors (Lipinski definition) is 6. The summed E-state index contributed by atoms with van der Waals surface area (Å²) in [5.41, 5.74) is 6.64. The van der Waals surface area contributed by atoms with Crippen molar-refractivity contribution < 1.29 is 14.7 Å². The number of hydrogen-bond donors (Lipinski definition) is 4. The number of thiazole rings is 1. The molecule has 1 atom stereocenters. The molecule has 0 bridgehead atoms. The van der Waals surface area contributed by atoms with E-state index >= 15 is 0 Å². The van der Waals surface area contributed by atoms with Crippen LogP contribution in [0.4, 0.5) is 0 Å². The van der Waals surface area contributed by atoms with Crippen LogP contribution in [0.5, 0.6) is 5.75 Å². The van der Waals surface area contributed by atoms with Crippen LogP contribution in [0.3, 0.4) is 0 Å². The van der Waals surface area contributed by atoms with Crippen LogP contribution in [0.25, 0.3) is 27.7 Å². The monoisotopic (exact) mass is 618 g/mol. The highest BCUT2D eigenvalue weighted by molar-refractivity contribution is 7.11. The number of aromatic amines is 1. The molecule has 3 aromatic carbocycles. The Morgan fingerprint density at radius 3 is 2.51 bits per heavy atom. The van der Waals surface area contributed by atoms with Gasteiger partial charge in [-0.25, -0.2) is 4.98 Å². The van der Waals surface area contributed by atoms with Crippen LogP contribution < -0.4 is 10.6 Å². The zero-order valence-corrected chi connectivity index (χ0v) is 25.9. The quantitative estimate of drug-likeness (QED) is 0.118. The number of nitrogens with zero attached hydrogens (tertiary/aromatic N) is 3. The molecule has 228 valence electrons. The van der Waals surface area contributed by atoms with Crippen LogP contribution in [0.1, 0.15) is 62.5 Å². The van der Waals surface area contributed by atoms with Gasteiger partial charge in [-0.15, -0.1) is 11.3 Å². The number of aromatic hydroxyl groups is 1. The lowest BCUT2D eigenvalue weighted by atomic mass is 10.1. The molecule has 0 aliphatic heterocycles. The Labute approximate surface area is 265 Å². The van der Waals surface area contributed by atoms with Crippen LogP contribution in [0.15, 0.2) is 90.7 Å². The van der Waals surface area contributed by atoms with Gasteiger partial charge in [-0.1, -0.05) is 36.4 Å². The summed E-state index contributed by atoms with van der Waals surface area (Å²) in [7, 11) is 0. The predicted octanol–water partition coefficient (Wildman–Crippen LogP) is 6.87. The van der Waals surface area contributed by atoms with Crippen molar-refractivity contribution in [1.82, 2.24) is 30.2 Å². The van der Waals surface area contributed by atoms with Crippen molar-refractivity contribution >= 4 is 33.9 Å². The summed E-state index contributed by atoms with van der Waals surface area (Å²) in [5.74, 6) is 0.0582. The molecule has 6 aromatic rings. The number of phenols is 1. The number of amides is 2. The molecule has 0 saturated heterocycles. The van der Waals surface area contributed by atoms with E-state index < -0.39 is 0 Å². The number of benzene rings is 3. The van der Waals surface area contributed by atoms with E-state index in [0.29, 0.717) is 36.5 Å². The van der Waals surface area contributed by atoms with Crippen molar-refractivity contribution in [3.8, 4) is 22.7 Å². The maximum Gasteiger partial charge on any atom is 0.263 e. The van der Waals surface area contributed by atoms with E-state index in [0.717, 1.165) is 39.1 Å². The van der Waals surface area contributed by atoms with Gasteiger partial charge in [0.1, 0.15) is 16.5 Å². The van der Waals surface area contributed by atoms with Crippen LogP contribution in [0.2, 0.25) is 0 Å². The van der Waals surface area contributed by atoms with Crippen molar-refractivity contribution in [3.05, 3.63) is 118 Å². The Balaban J connectivity index is 1.11. The Morgan fingerprint density at radius 2 is 1.73 bits per heavy atom. The Kier molecular flexibility index (Phi) is 8.74. The van der Waals surface area contributed by atoms with Crippen LogP contribution in [0, 0.1) is 13.8 Å². The minimum atomic E-state index is -0.363. The van der Waals surface area contributed by atoms with Gasteiger partial charge in [-0.2, -0.15) is 0 Å². The number of phenolic OH excluding ortho intramolecular Hbond substituents is 1. The molecule has 0 aliphatic rings. The van der Waals surface area contributed by atoms with Gasteiger partial charge < -0.3 is 25.3 Å². The number of rotatable bonds is 11. The third-order valence-corrected chi connectivity index (χ3v) is 8.68. The van der Waals surface area contributed by atoms with Gasteiger partial charge in [0.05, 0.1) is 35.2 Å². The summed E-state index contributed by atoms with van der Waals surface area (Å²) >= 11 is 1.28. The van der Waals surface area contributed by atoms with E-state index in [-0.39, 0.29) is 29.2 Å². The Hall–Kier alpha value is -5.22. The second-order valence-corrected chi connectivity index (χ2v) is 11.9. The van der Waals surface area contributed by atoms with E-state index in [4.69, 9.17) is 0 Å². The van der Waals surface area contributed by atoms with Crippen LogP contribution >= 0.6 is 11.3 Å². The molecule has 0 fully saturated rings. The molecule has 3 heterocycles. The van der Waals surface area contributed by atoms with Crippen LogP contribution in [-0.2, 0) is 0 Å². The molecular weight excluding hydrogens is 584 g/mol. The molecule has 6 rings (SSSR count). The van der Waals surface area contributed by atoms with Crippen molar-refractivity contribution in [2.75, 3.05) is 6.54 Å². The van der Waals surface area contributed by atoms with Gasteiger partial charge in [0, 0.05) is 29.2 Å². The lowest BCUT2D eigenvalue weighted by molar-refractivity contribution is 0.0935. The van der Waals surface area contributed by atoms with Crippen molar-refractivity contribution in [3.63, 3.8) is 0 Å². The Bertz CT molecular complexity index is 1940. The number of fused-ring (bicyclic) bond motifs is 1. The van der Waals surface area contributed by atoms with Crippen molar-refractivity contribution in [1.29, 1.82) is 0 Å². The van der Waals surface area contributed by atoms with E-state index in [1.807, 2.05) is 42.7 Å². The standard InChI is InChI=1S/C35H34N6O3S/c1-22-10-11-23(2)41(22)27-14-15-31(42)28(18-27)34(43)37-16-6-5-9-29(40-35(44)32-20-36-21-45-32)33-38-19-30(39-33)26-13-12-24-7-3-4-8-25(24)17-26/h3-4,7-8,10-15,17-21,29,42H,5-6,9,16H2,1-2H3,(H,37,43)(H,38,39)(H,40,44)/t29-/m0/s1. The summed E-state index contributed by atoms with van der Waals surface area (Å²) < 4.78 is 2.04. The minimum absolute atomic E-state index is 0.0652. The van der Waals surface area contributed by atoms with Crippen molar-refractivity contribution in [2.45, 2.75) is 39.2 Å². The number of carbonyl (C=O) groups is 2. The molecule has 9 nitrogen and oxygen atoms in total. The Morgan fingerprint density at radius 1 is 0.933 bits per heavy atom. The fourth-order valence-electron chi connectivity index (χ4n) is 5.54. The van der Waals surface area contributed by atoms with E-state index in [1.165, 1.54) is 11.3 Å². The smallest absolute Gasteiger partial charge is 0.263 e. The largest absolute Gasteiger partial charge is 0.507 e. The van der Waals surface area contributed by atoms with Gasteiger partial charge in [0.2, 0.25) is 0 Å². The SMILES string of the molecule is Cc1ccc(C)n1-c1ccc(O)c(C(=O)NCCCC[C@H](NC(=O)c2cncs2)c2ncc(-c3ccc4ccccc4c3)[nH]2)c1. The van der Waals surface area contributed by atoms with E-state index in [1.54, 1.807) is 36.1 Å². The molecular formula is C35H34N6O3S. The molecule has 3 aromatic heterocycles. The second kappa shape index (κ2) is 13.2. The highest BCUT2D eigenvalue weighted by Gasteiger charge is 2.20. The van der Waals surface area contributed by atoms with Gasteiger partial charge in [-0.05, 0) is 80.3 Å². The normalized spacial score (nSPS) is 11.9. The molecule has 0 aliphatic carbocycles. The van der Waals surface area contributed by atoms with Crippen LogP contribution in [-0.4, -0.2) is 43.0 Å². The highest BCUT2D eigenvalue weighted by atomic mass is 32.1. The van der Waals surface area contributed by atoms with Gasteiger partial charge in [0.25, 0.3) is 11.8 Å². The summed E-state index contributed by atoms with van der Waals surface area (Å²) in [6.07, 6.45) is 5.35. The predicted molar refractivity (Wildman–Crippen MR) is 177 cm³/mol. The average Bonchev–Trinajstić information content (AvgIpc) is 3.83. The summed E-state index contributed by atoms with van der Waals surface area (Å²) in [6.45, 7) is 4.42. The summed E-state index contributed by atoms with van der Waals surface area (Å²) in [6, 6.07) is 23.2. The average molecular weight is 619 g/mol. The summed E-state index contributed by atoms with van der Waals surface area (Å²) in [5, 5.41) is 18.8. The van der Waals surface area contributed by atoms with Crippen molar-refractivity contribution in [2.24, 2.45) is 0 Å². The number of aryl methyl sites for hydroxylation is 2. The number of nitrogens with one attached hydrogen (secondary N) is 3. The molecule has 10 heteroatoms. The molecule has 0 radical (unpaired) electrons. The zero-order chi connectivity index (χ0) is 31.3. The van der Waals surface area contributed by atoms with E-state index in [9.17, 15) is 14.7 Å².